The largest absolute Gasteiger partial charge is 0.0625 e. The van der Waals surface area contributed by atoms with Crippen LogP contribution in [0.5, 0.6) is 0 Å². The van der Waals surface area contributed by atoms with E-state index in [0.29, 0.717) is 0 Å². The SMILES string of the molecule is CC(C)C1C(C2CC3CCC2C3)CCC1C1CC2CCC1C2. The molecule has 0 radical (unpaired) electrons. The van der Waals surface area contributed by atoms with Gasteiger partial charge in [-0.05, 0) is 111 Å². The van der Waals surface area contributed by atoms with Crippen molar-refractivity contribution in [2.45, 2.75) is 78.1 Å². The average molecular weight is 301 g/mol. The number of hydrogen-bond donors (Lipinski definition) is 0. The standard InChI is InChI=1S/C22H36/c1-13(2)22-18(20-11-14-3-5-16(20)9-14)7-8-19(22)21-12-15-4-6-17(21)10-15/h13-22H,3-12H2,1-2H3. The maximum absolute atomic E-state index is 2.57. The van der Waals surface area contributed by atoms with Crippen LogP contribution in [0.15, 0.2) is 0 Å². The lowest BCUT2D eigenvalue weighted by Gasteiger charge is -2.39. The predicted molar refractivity (Wildman–Crippen MR) is 92.4 cm³/mol. The van der Waals surface area contributed by atoms with E-state index in [1.54, 1.807) is 64.2 Å². The fourth-order valence-electron chi connectivity index (χ4n) is 8.71. The van der Waals surface area contributed by atoms with E-state index >= 15 is 0 Å². The fraction of sp³-hybridized carbons (Fsp3) is 1.00. The van der Waals surface area contributed by atoms with E-state index < -0.39 is 0 Å². The summed E-state index contributed by atoms with van der Waals surface area (Å²) in [4.78, 5) is 0. The third-order valence-corrected chi connectivity index (χ3v) is 9.28. The highest BCUT2D eigenvalue weighted by molar-refractivity contribution is 5.03. The Morgan fingerprint density at radius 3 is 1.36 bits per heavy atom. The van der Waals surface area contributed by atoms with Gasteiger partial charge in [-0.1, -0.05) is 26.7 Å². The molecule has 0 heterocycles. The van der Waals surface area contributed by atoms with Crippen LogP contribution < -0.4 is 0 Å². The molecule has 0 N–H and O–H groups in total. The maximum atomic E-state index is 2.57. The Hall–Kier alpha value is 0. The van der Waals surface area contributed by atoms with E-state index in [4.69, 9.17) is 0 Å². The smallest absolute Gasteiger partial charge is 0.0329 e. The quantitative estimate of drug-likeness (QED) is 0.585. The fourth-order valence-corrected chi connectivity index (χ4v) is 8.71. The Morgan fingerprint density at radius 2 is 1.05 bits per heavy atom. The highest BCUT2D eigenvalue weighted by atomic mass is 14.6. The minimum absolute atomic E-state index is 0.941. The van der Waals surface area contributed by atoms with Crippen LogP contribution in [0.25, 0.3) is 0 Å². The zero-order valence-electron chi connectivity index (χ0n) is 14.8. The number of rotatable bonds is 3. The molecule has 0 spiro atoms. The molecule has 0 saturated heterocycles. The van der Waals surface area contributed by atoms with Crippen molar-refractivity contribution in [3.63, 3.8) is 0 Å². The maximum Gasteiger partial charge on any atom is -0.0329 e. The Balaban J connectivity index is 1.36. The van der Waals surface area contributed by atoms with Gasteiger partial charge in [0.15, 0.2) is 0 Å². The molecule has 5 rings (SSSR count). The molecule has 0 aromatic carbocycles. The van der Waals surface area contributed by atoms with Crippen LogP contribution in [0.1, 0.15) is 78.1 Å². The van der Waals surface area contributed by atoms with Crippen molar-refractivity contribution in [1.82, 2.24) is 0 Å². The van der Waals surface area contributed by atoms with Gasteiger partial charge in [-0.2, -0.15) is 0 Å². The van der Waals surface area contributed by atoms with E-state index in [1.807, 2.05) is 0 Å². The summed E-state index contributed by atoms with van der Waals surface area (Å²) in [5.41, 5.74) is 0. The molecule has 8 atom stereocenters. The Labute approximate surface area is 137 Å². The summed E-state index contributed by atoms with van der Waals surface area (Å²) in [6, 6.07) is 0. The molecular formula is C22H36. The summed E-state index contributed by atoms with van der Waals surface area (Å²) in [5, 5.41) is 0. The summed E-state index contributed by atoms with van der Waals surface area (Å²) in [7, 11) is 0. The van der Waals surface area contributed by atoms with Gasteiger partial charge in [0, 0.05) is 0 Å². The van der Waals surface area contributed by atoms with E-state index in [1.165, 1.54) is 0 Å². The number of hydrogen-bond acceptors (Lipinski definition) is 0. The molecular weight excluding hydrogens is 264 g/mol. The van der Waals surface area contributed by atoms with Gasteiger partial charge in [0.2, 0.25) is 0 Å². The Bertz CT molecular complexity index is 388. The molecule has 8 unspecified atom stereocenters. The second kappa shape index (κ2) is 5.25. The summed E-state index contributed by atoms with van der Waals surface area (Å²) in [6.07, 6.45) is 16.0. The molecule has 0 nitrogen and oxygen atoms in total. The van der Waals surface area contributed by atoms with Gasteiger partial charge < -0.3 is 0 Å². The first kappa shape index (κ1) is 14.4. The lowest BCUT2D eigenvalue weighted by Crippen LogP contribution is -2.33. The lowest BCUT2D eigenvalue weighted by molar-refractivity contribution is 0.0901. The lowest BCUT2D eigenvalue weighted by atomic mass is 9.66. The van der Waals surface area contributed by atoms with Gasteiger partial charge in [-0.3, -0.25) is 0 Å². The van der Waals surface area contributed by atoms with Crippen LogP contribution >= 0.6 is 0 Å². The van der Waals surface area contributed by atoms with Crippen molar-refractivity contribution >= 4 is 0 Å². The zero-order chi connectivity index (χ0) is 14.8. The molecule has 0 heteroatoms. The molecule has 5 saturated carbocycles. The van der Waals surface area contributed by atoms with Crippen molar-refractivity contribution in [1.29, 1.82) is 0 Å². The first-order chi connectivity index (χ1) is 10.7. The summed E-state index contributed by atoms with van der Waals surface area (Å²) in [6.45, 7) is 5.13. The van der Waals surface area contributed by atoms with E-state index in [0.717, 1.165) is 59.2 Å². The average Bonchev–Trinajstić information content (AvgIpc) is 3.29. The normalized spacial score (nSPS) is 56.6. The van der Waals surface area contributed by atoms with Crippen LogP contribution in [0.4, 0.5) is 0 Å². The second-order valence-electron chi connectivity index (χ2n) is 10.4. The zero-order valence-corrected chi connectivity index (χ0v) is 14.8. The van der Waals surface area contributed by atoms with Crippen LogP contribution in [0.2, 0.25) is 0 Å². The summed E-state index contributed by atoms with van der Waals surface area (Å²) in [5.74, 6) is 11.2. The molecule has 4 bridgehead atoms. The van der Waals surface area contributed by atoms with Crippen LogP contribution in [-0.2, 0) is 0 Å². The first-order valence-electron chi connectivity index (χ1n) is 10.7. The molecule has 0 aliphatic heterocycles. The highest BCUT2D eigenvalue weighted by Gasteiger charge is 2.53. The molecule has 0 aromatic rings. The van der Waals surface area contributed by atoms with Crippen molar-refractivity contribution in [2.24, 2.45) is 59.2 Å². The molecule has 5 fully saturated rings. The molecule has 5 aliphatic carbocycles. The minimum Gasteiger partial charge on any atom is -0.0625 e. The third-order valence-electron chi connectivity index (χ3n) is 9.28. The molecule has 124 valence electrons. The minimum atomic E-state index is 0.941. The van der Waals surface area contributed by atoms with Crippen molar-refractivity contribution in [3.8, 4) is 0 Å². The van der Waals surface area contributed by atoms with Gasteiger partial charge in [0.1, 0.15) is 0 Å². The van der Waals surface area contributed by atoms with E-state index in [-0.39, 0.29) is 0 Å². The molecule has 0 amide bonds. The van der Waals surface area contributed by atoms with Crippen LogP contribution in [0.3, 0.4) is 0 Å². The summed E-state index contributed by atoms with van der Waals surface area (Å²) < 4.78 is 0. The van der Waals surface area contributed by atoms with Gasteiger partial charge in [-0.25, -0.2) is 0 Å². The van der Waals surface area contributed by atoms with Crippen molar-refractivity contribution in [2.75, 3.05) is 0 Å². The molecule has 5 aliphatic rings. The second-order valence-corrected chi connectivity index (χ2v) is 10.4. The number of fused-ring (bicyclic) bond motifs is 4. The topological polar surface area (TPSA) is 0 Å². The van der Waals surface area contributed by atoms with E-state index in [2.05, 4.69) is 13.8 Å². The molecule has 22 heavy (non-hydrogen) atoms. The van der Waals surface area contributed by atoms with Gasteiger partial charge in [-0.15, -0.1) is 0 Å². The van der Waals surface area contributed by atoms with Crippen molar-refractivity contribution in [3.05, 3.63) is 0 Å². The van der Waals surface area contributed by atoms with Gasteiger partial charge >= 0.3 is 0 Å². The summed E-state index contributed by atoms with van der Waals surface area (Å²) >= 11 is 0. The van der Waals surface area contributed by atoms with Crippen LogP contribution in [0, 0.1) is 59.2 Å². The van der Waals surface area contributed by atoms with Gasteiger partial charge in [0.25, 0.3) is 0 Å². The van der Waals surface area contributed by atoms with Gasteiger partial charge in [0.05, 0.1) is 0 Å². The molecule has 0 aromatic heterocycles. The predicted octanol–water partition coefficient (Wildman–Crippen LogP) is 6.16. The Morgan fingerprint density at radius 1 is 0.545 bits per heavy atom. The first-order valence-corrected chi connectivity index (χ1v) is 10.7. The van der Waals surface area contributed by atoms with E-state index in [9.17, 15) is 0 Å². The highest BCUT2D eigenvalue weighted by Crippen LogP contribution is 2.62. The van der Waals surface area contributed by atoms with Crippen LogP contribution in [-0.4, -0.2) is 0 Å². The third kappa shape index (κ3) is 2.07. The van der Waals surface area contributed by atoms with Crippen molar-refractivity contribution < 1.29 is 0 Å². The monoisotopic (exact) mass is 300 g/mol. The Kier molecular flexibility index (Phi) is 3.42.